The molecule has 0 fully saturated rings. The van der Waals surface area contributed by atoms with Gasteiger partial charge in [0.05, 0.1) is 33.7 Å². The van der Waals surface area contributed by atoms with Gasteiger partial charge >= 0.3 is 6.18 Å². The minimum absolute atomic E-state index is 0.0900. The zero-order chi connectivity index (χ0) is 22.8. The van der Waals surface area contributed by atoms with Gasteiger partial charge in [-0.2, -0.15) is 23.4 Å². The Morgan fingerprint density at radius 2 is 1.91 bits per heavy atom. The molecule has 4 heterocycles. The predicted octanol–water partition coefficient (Wildman–Crippen LogP) is 3.96. The fraction of sp³-hybridized carbons (Fsp3) is 0.333. The first-order valence-electron chi connectivity index (χ1n) is 9.93. The fourth-order valence-corrected chi connectivity index (χ4v) is 4.97. The van der Waals surface area contributed by atoms with E-state index in [1.165, 1.54) is 18.4 Å². The van der Waals surface area contributed by atoms with Crippen LogP contribution in [0, 0.1) is 6.92 Å². The molecule has 5 rings (SSSR count). The topological polar surface area (TPSA) is 68.8 Å². The number of nitrogens with zero attached hydrogens (tertiary/aromatic N) is 6. The summed E-state index contributed by atoms with van der Waals surface area (Å²) in [4.78, 5) is 19.3. The normalized spacial score (nSPS) is 14.2. The lowest BCUT2D eigenvalue weighted by molar-refractivity contribution is -0.143. The lowest BCUT2D eigenvalue weighted by atomic mass is 10.0. The van der Waals surface area contributed by atoms with Crippen molar-refractivity contribution >= 4 is 27.5 Å². The average Bonchev–Trinajstić information content (AvgIpc) is 3.41. The first-order valence-corrected chi connectivity index (χ1v) is 10.8. The number of aromatic nitrogens is 5. The molecule has 0 unspecified atom stereocenters. The highest BCUT2D eigenvalue weighted by Crippen LogP contribution is 2.35. The van der Waals surface area contributed by atoms with E-state index in [4.69, 9.17) is 0 Å². The van der Waals surface area contributed by atoms with E-state index in [1.54, 1.807) is 22.1 Å². The van der Waals surface area contributed by atoms with Crippen molar-refractivity contribution < 1.29 is 18.0 Å². The SMILES string of the molecule is Cc1cc2ncsc2cc1C(=O)N1CCc2c(nn(C)c2-c2cc(C(F)(F)F)n(C)n2)C1. The van der Waals surface area contributed by atoms with Crippen molar-refractivity contribution in [2.75, 3.05) is 6.54 Å². The molecule has 0 saturated carbocycles. The second-order valence-corrected chi connectivity index (χ2v) is 8.78. The average molecular weight is 460 g/mol. The van der Waals surface area contributed by atoms with Gasteiger partial charge in [0.25, 0.3) is 5.91 Å². The zero-order valence-electron chi connectivity index (χ0n) is 17.6. The minimum atomic E-state index is -4.49. The Hall–Kier alpha value is -3.21. The summed E-state index contributed by atoms with van der Waals surface area (Å²) in [6.45, 7) is 2.63. The van der Waals surface area contributed by atoms with Gasteiger partial charge in [-0.1, -0.05) is 0 Å². The van der Waals surface area contributed by atoms with Gasteiger partial charge in [-0.15, -0.1) is 11.3 Å². The standard InChI is InChI=1S/C21H19F3N6OS/c1-11-6-14-17(32-10-25-14)7-13(11)20(31)30-5-4-12-16(9-30)27-29(3)19(12)15-8-18(21(22,23)24)28(2)26-15/h6-8,10H,4-5,9H2,1-3H3. The Labute approximate surface area is 185 Å². The van der Waals surface area contributed by atoms with Gasteiger partial charge in [0.15, 0.2) is 0 Å². The Balaban J connectivity index is 1.46. The van der Waals surface area contributed by atoms with Crippen LogP contribution in [-0.2, 0) is 33.2 Å². The Kier molecular flexibility index (Phi) is 4.63. The number of benzene rings is 1. The molecule has 0 spiro atoms. The van der Waals surface area contributed by atoms with Gasteiger partial charge in [0.2, 0.25) is 0 Å². The van der Waals surface area contributed by atoms with Gasteiger partial charge in [0, 0.05) is 31.8 Å². The van der Waals surface area contributed by atoms with E-state index >= 15 is 0 Å². The maximum absolute atomic E-state index is 13.3. The van der Waals surface area contributed by atoms with E-state index < -0.39 is 11.9 Å². The quantitative estimate of drug-likeness (QED) is 0.454. The maximum atomic E-state index is 13.3. The molecule has 0 N–H and O–H groups in total. The van der Waals surface area contributed by atoms with Gasteiger partial charge in [0.1, 0.15) is 11.4 Å². The van der Waals surface area contributed by atoms with Crippen LogP contribution in [0.3, 0.4) is 0 Å². The molecule has 1 aromatic carbocycles. The number of carbonyl (C=O) groups excluding carboxylic acids is 1. The number of carbonyl (C=O) groups is 1. The molecule has 0 radical (unpaired) electrons. The molecular weight excluding hydrogens is 441 g/mol. The van der Waals surface area contributed by atoms with Gasteiger partial charge < -0.3 is 4.90 Å². The van der Waals surface area contributed by atoms with Crippen LogP contribution in [0.5, 0.6) is 0 Å². The highest BCUT2D eigenvalue weighted by atomic mass is 32.1. The van der Waals surface area contributed by atoms with Crippen LogP contribution < -0.4 is 0 Å². The van der Waals surface area contributed by atoms with Crippen LogP contribution in [0.25, 0.3) is 21.6 Å². The number of hydrogen-bond acceptors (Lipinski definition) is 5. The second-order valence-electron chi connectivity index (χ2n) is 7.90. The molecule has 0 saturated heterocycles. The number of hydrogen-bond donors (Lipinski definition) is 0. The molecule has 32 heavy (non-hydrogen) atoms. The summed E-state index contributed by atoms with van der Waals surface area (Å²) in [5, 5.41) is 8.58. The van der Waals surface area contributed by atoms with Crippen molar-refractivity contribution in [1.29, 1.82) is 0 Å². The number of fused-ring (bicyclic) bond motifs is 2. The third-order valence-corrected chi connectivity index (χ3v) is 6.60. The summed E-state index contributed by atoms with van der Waals surface area (Å²) in [5.74, 6) is -0.0900. The van der Waals surface area contributed by atoms with E-state index in [0.717, 1.165) is 32.1 Å². The summed E-state index contributed by atoms with van der Waals surface area (Å²) in [5.41, 5.74) is 5.58. The molecule has 0 bridgehead atoms. The van der Waals surface area contributed by atoms with Crippen molar-refractivity contribution in [3.05, 3.63) is 51.8 Å². The summed E-state index contributed by atoms with van der Waals surface area (Å²) in [6, 6.07) is 4.83. The predicted molar refractivity (Wildman–Crippen MR) is 113 cm³/mol. The molecule has 11 heteroatoms. The molecule has 1 amide bonds. The van der Waals surface area contributed by atoms with Crippen LogP contribution in [0.4, 0.5) is 13.2 Å². The van der Waals surface area contributed by atoms with Crippen LogP contribution in [0.1, 0.15) is 32.9 Å². The lowest BCUT2D eigenvalue weighted by Crippen LogP contribution is -2.36. The van der Waals surface area contributed by atoms with Crippen LogP contribution >= 0.6 is 11.3 Å². The van der Waals surface area contributed by atoms with Crippen molar-refractivity contribution in [2.24, 2.45) is 14.1 Å². The second kappa shape index (κ2) is 7.16. The van der Waals surface area contributed by atoms with Gasteiger partial charge in [-0.05, 0) is 37.1 Å². The summed E-state index contributed by atoms with van der Waals surface area (Å²) in [7, 11) is 2.96. The number of aryl methyl sites for hydroxylation is 3. The van der Waals surface area contributed by atoms with Gasteiger partial charge in [-0.25, -0.2) is 4.98 Å². The molecule has 166 valence electrons. The Bertz CT molecular complexity index is 1370. The van der Waals surface area contributed by atoms with Crippen molar-refractivity contribution in [2.45, 2.75) is 26.1 Å². The first kappa shape index (κ1) is 20.7. The maximum Gasteiger partial charge on any atom is 0.433 e. The molecule has 1 aliphatic rings. The zero-order valence-corrected chi connectivity index (χ0v) is 18.4. The monoisotopic (exact) mass is 460 g/mol. The van der Waals surface area contributed by atoms with E-state index in [2.05, 4.69) is 15.2 Å². The van der Waals surface area contributed by atoms with E-state index in [9.17, 15) is 18.0 Å². The number of rotatable bonds is 2. The highest BCUT2D eigenvalue weighted by molar-refractivity contribution is 7.16. The smallest absolute Gasteiger partial charge is 0.332 e. The number of halogens is 3. The van der Waals surface area contributed by atoms with Gasteiger partial charge in [-0.3, -0.25) is 14.2 Å². The largest absolute Gasteiger partial charge is 0.433 e. The molecule has 0 aliphatic carbocycles. The molecule has 3 aromatic heterocycles. The van der Waals surface area contributed by atoms with E-state index in [-0.39, 0.29) is 11.6 Å². The summed E-state index contributed by atoms with van der Waals surface area (Å²) >= 11 is 1.48. The molecular formula is C21H19F3N6OS. The molecule has 1 aliphatic heterocycles. The van der Waals surface area contributed by atoms with Crippen molar-refractivity contribution in [3.8, 4) is 11.4 Å². The third-order valence-electron chi connectivity index (χ3n) is 5.81. The van der Waals surface area contributed by atoms with Crippen molar-refractivity contribution in [1.82, 2.24) is 29.4 Å². The van der Waals surface area contributed by atoms with E-state index in [0.29, 0.717) is 36.5 Å². The summed E-state index contributed by atoms with van der Waals surface area (Å²) < 4.78 is 43.0. The summed E-state index contributed by atoms with van der Waals surface area (Å²) in [6.07, 6.45) is -4.00. The number of amides is 1. The number of thiazole rings is 1. The molecule has 0 atom stereocenters. The first-order chi connectivity index (χ1) is 15.1. The van der Waals surface area contributed by atoms with Crippen LogP contribution in [-0.4, -0.2) is 41.9 Å². The van der Waals surface area contributed by atoms with E-state index in [1.807, 2.05) is 19.1 Å². The Morgan fingerprint density at radius 1 is 1.12 bits per heavy atom. The lowest BCUT2D eigenvalue weighted by Gasteiger charge is -2.27. The molecule has 7 nitrogen and oxygen atoms in total. The number of alkyl halides is 3. The third kappa shape index (κ3) is 3.27. The van der Waals surface area contributed by atoms with Crippen LogP contribution in [0.15, 0.2) is 23.7 Å². The Morgan fingerprint density at radius 3 is 2.62 bits per heavy atom. The fourth-order valence-electron chi connectivity index (χ4n) is 4.27. The molecule has 4 aromatic rings. The van der Waals surface area contributed by atoms with Crippen molar-refractivity contribution in [3.63, 3.8) is 0 Å². The van der Waals surface area contributed by atoms with Crippen LogP contribution in [0.2, 0.25) is 0 Å². The highest BCUT2D eigenvalue weighted by Gasteiger charge is 2.36. The minimum Gasteiger partial charge on any atom is -0.332 e.